The van der Waals surface area contributed by atoms with E-state index in [1.807, 2.05) is 0 Å². The summed E-state index contributed by atoms with van der Waals surface area (Å²) in [7, 11) is 1.59. The van der Waals surface area contributed by atoms with E-state index in [9.17, 15) is 4.39 Å². The lowest BCUT2D eigenvalue weighted by Crippen LogP contribution is -2.00. The van der Waals surface area contributed by atoms with E-state index < -0.39 is 0 Å². The zero-order valence-electron chi connectivity index (χ0n) is 8.13. The van der Waals surface area contributed by atoms with E-state index in [1.165, 1.54) is 12.1 Å². The molecule has 0 radical (unpaired) electrons. The molecular formula is C11H13FO2. The molecule has 0 spiro atoms. The molecule has 14 heavy (non-hydrogen) atoms. The smallest absolute Gasteiger partial charge is 0.124 e. The van der Waals surface area contributed by atoms with Crippen molar-refractivity contribution >= 4 is 0 Å². The van der Waals surface area contributed by atoms with Crippen molar-refractivity contribution in [3.63, 3.8) is 0 Å². The number of hydrogen-bond acceptors (Lipinski definition) is 2. The standard InChI is InChI=1S/C11H13FO2/c1-13-10-5-4-8(12)7-9(10)11-3-2-6-14-11/h4-5,7,11H,2-3,6H2,1H3. The number of benzene rings is 1. The van der Waals surface area contributed by atoms with Gasteiger partial charge in [-0.2, -0.15) is 0 Å². The van der Waals surface area contributed by atoms with Gasteiger partial charge in [0.1, 0.15) is 11.6 Å². The first-order valence-electron chi connectivity index (χ1n) is 4.76. The normalized spacial score (nSPS) is 21.1. The van der Waals surface area contributed by atoms with Crippen LogP contribution in [0.15, 0.2) is 18.2 Å². The summed E-state index contributed by atoms with van der Waals surface area (Å²) in [5.74, 6) is 0.467. The van der Waals surface area contributed by atoms with Gasteiger partial charge in [0, 0.05) is 12.2 Å². The third-order valence-corrected chi connectivity index (χ3v) is 2.47. The van der Waals surface area contributed by atoms with Crippen molar-refractivity contribution in [1.29, 1.82) is 0 Å². The second-order valence-corrected chi connectivity index (χ2v) is 3.39. The molecule has 2 rings (SSSR count). The molecule has 1 aliphatic heterocycles. The number of halogens is 1. The molecule has 1 fully saturated rings. The Kier molecular flexibility index (Phi) is 2.68. The average Bonchev–Trinajstić information content (AvgIpc) is 2.70. The van der Waals surface area contributed by atoms with Crippen molar-refractivity contribution in [2.24, 2.45) is 0 Å². The van der Waals surface area contributed by atoms with Crippen molar-refractivity contribution < 1.29 is 13.9 Å². The largest absolute Gasteiger partial charge is 0.496 e. The number of rotatable bonds is 2. The summed E-state index contributed by atoms with van der Waals surface area (Å²) in [5.41, 5.74) is 0.824. The van der Waals surface area contributed by atoms with Crippen molar-refractivity contribution in [2.45, 2.75) is 18.9 Å². The van der Waals surface area contributed by atoms with Crippen molar-refractivity contribution in [1.82, 2.24) is 0 Å². The molecule has 76 valence electrons. The number of ether oxygens (including phenoxy) is 2. The zero-order valence-corrected chi connectivity index (χ0v) is 8.13. The van der Waals surface area contributed by atoms with Crippen LogP contribution in [0.3, 0.4) is 0 Å². The van der Waals surface area contributed by atoms with Crippen LogP contribution < -0.4 is 4.74 Å². The average molecular weight is 196 g/mol. The topological polar surface area (TPSA) is 18.5 Å². The lowest BCUT2D eigenvalue weighted by atomic mass is 10.1. The Hall–Kier alpha value is -1.09. The fourth-order valence-corrected chi connectivity index (χ4v) is 1.78. The third-order valence-electron chi connectivity index (χ3n) is 2.47. The van der Waals surface area contributed by atoms with E-state index >= 15 is 0 Å². The predicted molar refractivity (Wildman–Crippen MR) is 50.9 cm³/mol. The molecule has 0 N–H and O–H groups in total. The van der Waals surface area contributed by atoms with E-state index in [2.05, 4.69) is 0 Å². The Balaban J connectivity index is 2.33. The molecule has 3 heteroatoms. The van der Waals surface area contributed by atoms with Gasteiger partial charge in [0.25, 0.3) is 0 Å². The van der Waals surface area contributed by atoms with Gasteiger partial charge in [-0.15, -0.1) is 0 Å². The quantitative estimate of drug-likeness (QED) is 0.724. The molecule has 1 unspecified atom stereocenters. The highest BCUT2D eigenvalue weighted by molar-refractivity contribution is 5.36. The molecule has 1 saturated heterocycles. The monoisotopic (exact) mass is 196 g/mol. The second kappa shape index (κ2) is 3.96. The maximum atomic E-state index is 13.0. The summed E-state index contributed by atoms with van der Waals surface area (Å²) >= 11 is 0. The zero-order chi connectivity index (χ0) is 9.97. The summed E-state index contributed by atoms with van der Waals surface area (Å²) in [5, 5.41) is 0. The molecule has 1 atom stereocenters. The van der Waals surface area contributed by atoms with Crippen LogP contribution >= 0.6 is 0 Å². The van der Waals surface area contributed by atoms with Crippen LogP contribution in [0.5, 0.6) is 5.75 Å². The van der Waals surface area contributed by atoms with Gasteiger partial charge in [-0.3, -0.25) is 0 Å². The maximum absolute atomic E-state index is 13.0. The van der Waals surface area contributed by atoms with Crippen LogP contribution in [0, 0.1) is 5.82 Å². The lowest BCUT2D eigenvalue weighted by Gasteiger charge is -2.13. The van der Waals surface area contributed by atoms with Gasteiger partial charge < -0.3 is 9.47 Å². The highest BCUT2D eigenvalue weighted by Gasteiger charge is 2.21. The van der Waals surface area contributed by atoms with Gasteiger partial charge in [0.15, 0.2) is 0 Å². The first kappa shape index (κ1) is 9.46. The summed E-state index contributed by atoms with van der Waals surface area (Å²) in [6, 6.07) is 4.54. The molecule has 0 aromatic heterocycles. The van der Waals surface area contributed by atoms with Gasteiger partial charge in [0.2, 0.25) is 0 Å². The van der Waals surface area contributed by atoms with E-state index in [0.717, 1.165) is 25.0 Å². The van der Waals surface area contributed by atoms with Crippen LogP contribution in [-0.2, 0) is 4.74 Å². The molecule has 1 aliphatic rings. The fraction of sp³-hybridized carbons (Fsp3) is 0.455. The van der Waals surface area contributed by atoms with E-state index in [1.54, 1.807) is 13.2 Å². The Labute approximate surface area is 82.6 Å². The van der Waals surface area contributed by atoms with Gasteiger partial charge in [-0.25, -0.2) is 4.39 Å². The molecule has 1 heterocycles. The van der Waals surface area contributed by atoms with Crippen LogP contribution in [0.25, 0.3) is 0 Å². The number of hydrogen-bond donors (Lipinski definition) is 0. The van der Waals surface area contributed by atoms with Crippen LogP contribution in [0.4, 0.5) is 4.39 Å². The van der Waals surface area contributed by atoms with Gasteiger partial charge in [0.05, 0.1) is 13.2 Å². The molecule has 1 aromatic carbocycles. The summed E-state index contributed by atoms with van der Waals surface area (Å²) in [4.78, 5) is 0. The molecule has 0 aliphatic carbocycles. The minimum atomic E-state index is -0.240. The Morgan fingerprint density at radius 3 is 3.00 bits per heavy atom. The van der Waals surface area contributed by atoms with Crippen molar-refractivity contribution in [3.05, 3.63) is 29.6 Å². The minimum Gasteiger partial charge on any atom is -0.496 e. The summed E-state index contributed by atoms with van der Waals surface area (Å²) in [6.45, 7) is 0.754. The fourth-order valence-electron chi connectivity index (χ4n) is 1.78. The van der Waals surface area contributed by atoms with Crippen molar-refractivity contribution in [3.8, 4) is 5.75 Å². The molecular weight excluding hydrogens is 183 g/mol. The SMILES string of the molecule is COc1ccc(F)cc1C1CCCO1. The molecule has 1 aromatic rings. The summed E-state index contributed by atoms with van der Waals surface area (Å²) < 4.78 is 23.7. The first-order valence-corrected chi connectivity index (χ1v) is 4.76. The highest BCUT2D eigenvalue weighted by Crippen LogP contribution is 2.34. The Bertz CT molecular complexity index is 319. The van der Waals surface area contributed by atoms with Crippen LogP contribution in [-0.4, -0.2) is 13.7 Å². The minimum absolute atomic E-state index is 0.000602. The Morgan fingerprint density at radius 2 is 2.36 bits per heavy atom. The van der Waals surface area contributed by atoms with E-state index in [4.69, 9.17) is 9.47 Å². The predicted octanol–water partition coefficient (Wildman–Crippen LogP) is 2.69. The molecule has 0 saturated carbocycles. The first-order chi connectivity index (χ1) is 6.81. The van der Waals surface area contributed by atoms with E-state index in [-0.39, 0.29) is 11.9 Å². The van der Waals surface area contributed by atoms with E-state index in [0.29, 0.717) is 5.75 Å². The second-order valence-electron chi connectivity index (χ2n) is 3.39. The maximum Gasteiger partial charge on any atom is 0.124 e. The van der Waals surface area contributed by atoms with Gasteiger partial charge in [-0.05, 0) is 31.0 Å². The lowest BCUT2D eigenvalue weighted by molar-refractivity contribution is 0.109. The van der Waals surface area contributed by atoms with Gasteiger partial charge >= 0.3 is 0 Å². The Morgan fingerprint density at radius 1 is 1.50 bits per heavy atom. The molecule has 0 bridgehead atoms. The van der Waals surface area contributed by atoms with Crippen molar-refractivity contribution in [2.75, 3.05) is 13.7 Å². The molecule has 0 amide bonds. The highest BCUT2D eigenvalue weighted by atomic mass is 19.1. The van der Waals surface area contributed by atoms with Gasteiger partial charge in [-0.1, -0.05) is 0 Å². The molecule has 2 nitrogen and oxygen atoms in total. The number of methoxy groups -OCH3 is 1. The summed E-state index contributed by atoms with van der Waals surface area (Å²) in [6.07, 6.45) is 1.98. The third kappa shape index (κ3) is 1.73. The van der Waals surface area contributed by atoms with Crippen LogP contribution in [0.1, 0.15) is 24.5 Å². The van der Waals surface area contributed by atoms with Crippen LogP contribution in [0.2, 0.25) is 0 Å².